The Morgan fingerprint density at radius 1 is 0.556 bits per heavy atom. The topological polar surface area (TPSA) is 0 Å². The Morgan fingerprint density at radius 3 is 1.11 bits per heavy atom. The van der Waals surface area contributed by atoms with E-state index >= 15 is 0 Å². The van der Waals surface area contributed by atoms with E-state index in [1.54, 1.807) is 0 Å². The predicted octanol–water partition coefficient (Wildman–Crippen LogP) is 5.25. The summed E-state index contributed by atoms with van der Waals surface area (Å²) in [4.78, 5) is 0. The van der Waals surface area contributed by atoms with Crippen molar-refractivity contribution in [2.24, 2.45) is 16.2 Å². The fraction of sp³-hybridized carbons (Fsp3) is 0.333. The number of hydrogen-bond acceptors (Lipinski definition) is 0. The maximum absolute atomic E-state index is 4.05. The van der Waals surface area contributed by atoms with Crippen molar-refractivity contribution < 1.29 is 0 Å². The van der Waals surface area contributed by atoms with Crippen LogP contribution in [0, 0.1) is 16.2 Å². The molecule has 0 heterocycles. The van der Waals surface area contributed by atoms with Crippen molar-refractivity contribution >= 4 is 0 Å². The minimum Gasteiger partial charge on any atom is -0.102 e. The lowest BCUT2D eigenvalue weighted by atomic mass is 9.45. The summed E-state index contributed by atoms with van der Waals surface area (Å²) in [6.07, 6.45) is 14.9. The molecule has 0 amide bonds. The highest BCUT2D eigenvalue weighted by molar-refractivity contribution is 5.37. The molecular weight excluding hydrogens is 216 g/mol. The van der Waals surface area contributed by atoms with Crippen LogP contribution in [0.25, 0.3) is 0 Å². The second-order valence-electron chi connectivity index (χ2n) is 5.03. The van der Waals surface area contributed by atoms with E-state index < -0.39 is 0 Å². The van der Waals surface area contributed by atoms with Gasteiger partial charge in [0.2, 0.25) is 0 Å². The summed E-state index contributed by atoms with van der Waals surface area (Å²) in [6.45, 7) is 24.2. The summed E-state index contributed by atoms with van der Waals surface area (Å²) in [6, 6.07) is 0. The normalized spacial score (nSPS) is 23.3. The van der Waals surface area contributed by atoms with Crippen molar-refractivity contribution in [3.05, 3.63) is 75.9 Å². The molecule has 1 fully saturated rings. The smallest absolute Gasteiger partial charge is 0.0307 e. The lowest BCUT2D eigenvalue weighted by Crippen LogP contribution is -2.51. The van der Waals surface area contributed by atoms with E-state index in [2.05, 4.69) is 39.5 Å². The van der Waals surface area contributed by atoms with Gasteiger partial charge in [-0.1, -0.05) is 42.9 Å². The van der Waals surface area contributed by atoms with Gasteiger partial charge in [-0.2, -0.15) is 0 Å². The third-order valence-electron chi connectivity index (χ3n) is 4.82. The van der Waals surface area contributed by atoms with Gasteiger partial charge in [-0.05, 0) is 12.8 Å². The van der Waals surface area contributed by atoms with E-state index in [1.807, 2.05) is 36.5 Å². The third-order valence-corrected chi connectivity index (χ3v) is 4.82. The Hall–Kier alpha value is -1.56. The molecule has 0 aromatic rings. The van der Waals surface area contributed by atoms with Crippen LogP contribution in [0.15, 0.2) is 75.9 Å². The molecule has 0 unspecified atom stereocenters. The van der Waals surface area contributed by atoms with Crippen LogP contribution in [0.4, 0.5) is 0 Å². The van der Waals surface area contributed by atoms with Gasteiger partial charge in [0.05, 0.1) is 0 Å². The Bertz CT molecular complexity index is 340. The van der Waals surface area contributed by atoms with Crippen LogP contribution in [0.1, 0.15) is 19.3 Å². The van der Waals surface area contributed by atoms with E-state index in [0.29, 0.717) is 0 Å². The monoisotopic (exact) mass is 240 g/mol. The Kier molecular flexibility index (Phi) is 4.01. The van der Waals surface area contributed by atoms with E-state index in [4.69, 9.17) is 0 Å². The fourth-order valence-electron chi connectivity index (χ4n) is 3.61. The Balaban J connectivity index is 3.67. The van der Waals surface area contributed by atoms with Crippen LogP contribution < -0.4 is 0 Å². The van der Waals surface area contributed by atoms with Crippen LogP contribution in [0.2, 0.25) is 0 Å². The summed E-state index contributed by atoms with van der Waals surface area (Å²) >= 11 is 0. The molecule has 0 spiro atoms. The van der Waals surface area contributed by atoms with Crippen LogP contribution in [-0.2, 0) is 0 Å². The Morgan fingerprint density at radius 2 is 0.889 bits per heavy atom. The minimum absolute atomic E-state index is 0.239. The summed E-state index contributed by atoms with van der Waals surface area (Å²) in [7, 11) is 0. The second-order valence-corrected chi connectivity index (χ2v) is 5.03. The van der Waals surface area contributed by atoms with Crippen LogP contribution in [0.3, 0.4) is 0 Å². The third kappa shape index (κ3) is 1.45. The van der Waals surface area contributed by atoms with Gasteiger partial charge in [0.1, 0.15) is 0 Å². The molecule has 0 N–H and O–H groups in total. The molecule has 0 nitrogen and oxygen atoms in total. The van der Waals surface area contributed by atoms with Crippen molar-refractivity contribution in [3.8, 4) is 0 Å². The molecule has 0 aliphatic heterocycles. The largest absolute Gasteiger partial charge is 0.102 e. The summed E-state index contributed by atoms with van der Waals surface area (Å²) in [5.41, 5.74) is -0.834. The molecule has 1 saturated carbocycles. The molecule has 96 valence electrons. The first-order valence-corrected chi connectivity index (χ1v) is 6.39. The molecule has 18 heavy (non-hydrogen) atoms. The molecule has 0 bridgehead atoms. The zero-order valence-electron chi connectivity index (χ0n) is 11.3. The zero-order chi connectivity index (χ0) is 13.9. The fourth-order valence-corrected chi connectivity index (χ4v) is 3.61. The minimum atomic E-state index is -0.356. The van der Waals surface area contributed by atoms with Gasteiger partial charge in [-0.25, -0.2) is 0 Å². The molecular formula is C18H24. The van der Waals surface area contributed by atoms with Crippen LogP contribution in [-0.4, -0.2) is 0 Å². The van der Waals surface area contributed by atoms with Gasteiger partial charge < -0.3 is 0 Å². The summed E-state index contributed by atoms with van der Waals surface area (Å²) < 4.78 is 0. The second kappa shape index (κ2) is 4.97. The van der Waals surface area contributed by atoms with E-state index in [-0.39, 0.29) is 16.2 Å². The standard InChI is InChI=1S/C18H24/c1-7-16(8-2)14-13-15-17(9-3,10-4)18(16,11-5)12-6/h7-12H,1-6,13-15H2. The van der Waals surface area contributed by atoms with Gasteiger partial charge in [-0.3, -0.25) is 0 Å². The quantitative estimate of drug-likeness (QED) is 0.556. The van der Waals surface area contributed by atoms with Crippen molar-refractivity contribution in [3.63, 3.8) is 0 Å². The maximum atomic E-state index is 4.05. The number of rotatable bonds is 6. The number of hydrogen-bond donors (Lipinski definition) is 0. The van der Waals surface area contributed by atoms with Gasteiger partial charge in [0.15, 0.2) is 0 Å². The summed E-state index contributed by atoms with van der Waals surface area (Å²) in [5.74, 6) is 0. The van der Waals surface area contributed by atoms with Crippen molar-refractivity contribution in [1.82, 2.24) is 0 Å². The Labute approximate surface area is 112 Å². The molecule has 0 aromatic heterocycles. The lowest BCUT2D eigenvalue weighted by molar-refractivity contribution is 0.0704. The number of allylic oxidation sites excluding steroid dienone is 6. The molecule has 0 atom stereocenters. The van der Waals surface area contributed by atoms with Crippen LogP contribution >= 0.6 is 0 Å². The molecule has 0 radical (unpaired) electrons. The average molecular weight is 240 g/mol. The van der Waals surface area contributed by atoms with Gasteiger partial charge in [-0.15, -0.1) is 39.5 Å². The van der Waals surface area contributed by atoms with Crippen LogP contribution in [0.5, 0.6) is 0 Å². The van der Waals surface area contributed by atoms with Crippen molar-refractivity contribution in [1.29, 1.82) is 0 Å². The van der Waals surface area contributed by atoms with E-state index in [9.17, 15) is 0 Å². The molecule has 0 saturated heterocycles. The zero-order valence-corrected chi connectivity index (χ0v) is 11.3. The lowest BCUT2D eigenvalue weighted by Gasteiger charge is -2.58. The highest BCUT2D eigenvalue weighted by Crippen LogP contribution is 2.63. The molecule has 0 aromatic carbocycles. The molecule has 1 aliphatic rings. The first kappa shape index (κ1) is 14.5. The van der Waals surface area contributed by atoms with E-state index in [0.717, 1.165) is 19.3 Å². The van der Waals surface area contributed by atoms with Gasteiger partial charge >= 0.3 is 0 Å². The molecule has 1 aliphatic carbocycles. The van der Waals surface area contributed by atoms with Crippen molar-refractivity contribution in [2.75, 3.05) is 0 Å². The van der Waals surface area contributed by atoms with Crippen molar-refractivity contribution in [2.45, 2.75) is 19.3 Å². The molecule has 0 heteroatoms. The predicted molar refractivity (Wildman–Crippen MR) is 82.3 cm³/mol. The summed E-state index contributed by atoms with van der Waals surface area (Å²) in [5, 5.41) is 0. The van der Waals surface area contributed by atoms with E-state index in [1.165, 1.54) is 0 Å². The maximum Gasteiger partial charge on any atom is 0.0307 e. The first-order chi connectivity index (χ1) is 8.57. The van der Waals surface area contributed by atoms with Gasteiger partial charge in [0, 0.05) is 16.2 Å². The SMILES string of the molecule is C=CC1(C=C)CCCC(C=C)(C=C)C1(C=C)C=C. The average Bonchev–Trinajstić information content (AvgIpc) is 2.45. The molecule has 1 rings (SSSR count). The highest BCUT2D eigenvalue weighted by atomic mass is 14.6. The highest BCUT2D eigenvalue weighted by Gasteiger charge is 2.56. The first-order valence-electron chi connectivity index (χ1n) is 6.39. The van der Waals surface area contributed by atoms with Gasteiger partial charge in [0.25, 0.3) is 0 Å².